The molecule has 3 aliphatic carbocycles. The van der Waals surface area contributed by atoms with Gasteiger partial charge in [0.1, 0.15) is 5.54 Å². The van der Waals surface area contributed by atoms with Gasteiger partial charge in [-0.2, -0.15) is 0 Å². The van der Waals surface area contributed by atoms with E-state index in [2.05, 4.69) is 5.32 Å². The van der Waals surface area contributed by atoms with Crippen LogP contribution < -0.4 is 5.32 Å². The van der Waals surface area contributed by atoms with Gasteiger partial charge in [0.2, 0.25) is 5.91 Å². The van der Waals surface area contributed by atoms with Gasteiger partial charge in [-0.25, -0.2) is 4.79 Å². The Bertz CT molecular complexity index is 391. The van der Waals surface area contributed by atoms with E-state index < -0.39 is 11.5 Å². The van der Waals surface area contributed by atoms with Crippen LogP contribution in [-0.2, 0) is 9.59 Å². The third-order valence-corrected chi connectivity index (χ3v) is 5.30. The molecule has 3 rings (SSSR count). The number of hydrogen-bond donors (Lipinski definition) is 2. The Labute approximate surface area is 107 Å². The van der Waals surface area contributed by atoms with Gasteiger partial charge >= 0.3 is 5.97 Å². The normalized spacial score (nSPS) is 37.3. The standard InChI is InChI=1S/C14H21NO3/c1-14(13(17)18,10-4-5-10)15-12(16)11-7-8-2-3-9(11)6-8/h8-11H,2-7H2,1H3,(H,15,16)(H,17,18). The second-order valence-electron chi connectivity index (χ2n) is 6.55. The Morgan fingerprint density at radius 1 is 1.17 bits per heavy atom. The summed E-state index contributed by atoms with van der Waals surface area (Å²) in [7, 11) is 0. The number of hydrogen-bond acceptors (Lipinski definition) is 2. The van der Waals surface area contributed by atoms with E-state index in [4.69, 9.17) is 0 Å². The average molecular weight is 251 g/mol. The van der Waals surface area contributed by atoms with E-state index in [1.54, 1.807) is 6.92 Å². The molecule has 0 saturated heterocycles. The molecule has 4 heteroatoms. The molecule has 3 aliphatic rings. The lowest BCUT2D eigenvalue weighted by Crippen LogP contribution is -2.55. The topological polar surface area (TPSA) is 66.4 Å². The second-order valence-corrected chi connectivity index (χ2v) is 6.55. The summed E-state index contributed by atoms with van der Waals surface area (Å²) in [6, 6.07) is 0. The lowest BCUT2D eigenvalue weighted by atomic mass is 9.86. The highest BCUT2D eigenvalue weighted by Gasteiger charge is 2.51. The summed E-state index contributed by atoms with van der Waals surface area (Å²) in [6.07, 6.45) is 6.38. The van der Waals surface area contributed by atoms with E-state index in [0.717, 1.165) is 25.7 Å². The maximum Gasteiger partial charge on any atom is 0.329 e. The maximum atomic E-state index is 12.3. The molecule has 0 spiro atoms. The van der Waals surface area contributed by atoms with E-state index in [-0.39, 0.29) is 17.7 Å². The molecule has 3 fully saturated rings. The quantitative estimate of drug-likeness (QED) is 0.800. The number of carbonyl (C=O) groups excluding carboxylic acids is 1. The molecule has 3 saturated carbocycles. The molecular weight excluding hydrogens is 230 g/mol. The summed E-state index contributed by atoms with van der Waals surface area (Å²) in [5.74, 6) is 0.509. The molecule has 4 atom stereocenters. The van der Waals surface area contributed by atoms with Crippen LogP contribution >= 0.6 is 0 Å². The molecule has 100 valence electrons. The van der Waals surface area contributed by atoms with E-state index in [9.17, 15) is 14.7 Å². The number of fused-ring (bicyclic) bond motifs is 2. The largest absolute Gasteiger partial charge is 0.480 e. The Kier molecular flexibility index (Phi) is 2.65. The highest BCUT2D eigenvalue weighted by Crippen LogP contribution is 2.49. The van der Waals surface area contributed by atoms with E-state index >= 15 is 0 Å². The predicted molar refractivity (Wildman–Crippen MR) is 65.8 cm³/mol. The summed E-state index contributed by atoms with van der Waals surface area (Å²) in [5.41, 5.74) is -1.04. The van der Waals surface area contributed by atoms with Gasteiger partial charge in [0.05, 0.1) is 0 Å². The molecule has 1 amide bonds. The van der Waals surface area contributed by atoms with Crippen molar-refractivity contribution in [2.45, 2.75) is 51.0 Å². The maximum absolute atomic E-state index is 12.3. The first-order chi connectivity index (χ1) is 8.50. The minimum absolute atomic E-state index is 0.0148. The fourth-order valence-corrected chi connectivity index (χ4v) is 3.91. The summed E-state index contributed by atoms with van der Waals surface area (Å²) >= 11 is 0. The van der Waals surface area contributed by atoms with Crippen molar-refractivity contribution in [3.8, 4) is 0 Å². The molecule has 2 bridgehead atoms. The number of amides is 1. The highest BCUT2D eigenvalue weighted by molar-refractivity contribution is 5.88. The van der Waals surface area contributed by atoms with Gasteiger partial charge in [-0.1, -0.05) is 6.42 Å². The fourth-order valence-electron chi connectivity index (χ4n) is 3.91. The zero-order valence-electron chi connectivity index (χ0n) is 10.8. The van der Waals surface area contributed by atoms with Crippen molar-refractivity contribution >= 4 is 11.9 Å². The van der Waals surface area contributed by atoms with Gasteiger partial charge < -0.3 is 10.4 Å². The third-order valence-electron chi connectivity index (χ3n) is 5.30. The Balaban J connectivity index is 1.68. The van der Waals surface area contributed by atoms with Crippen LogP contribution in [-0.4, -0.2) is 22.5 Å². The first-order valence-electron chi connectivity index (χ1n) is 7.06. The smallest absolute Gasteiger partial charge is 0.329 e. The zero-order valence-corrected chi connectivity index (χ0v) is 10.8. The minimum Gasteiger partial charge on any atom is -0.480 e. The van der Waals surface area contributed by atoms with Crippen molar-refractivity contribution in [3.05, 3.63) is 0 Å². The SMILES string of the molecule is CC(NC(=O)C1CC2CCC1C2)(C(=O)O)C1CC1. The van der Waals surface area contributed by atoms with Gasteiger partial charge in [0.15, 0.2) is 0 Å². The minimum atomic E-state index is -1.04. The van der Waals surface area contributed by atoms with Gasteiger partial charge in [-0.15, -0.1) is 0 Å². The summed E-state index contributed by atoms with van der Waals surface area (Å²) in [4.78, 5) is 23.7. The van der Waals surface area contributed by atoms with Crippen molar-refractivity contribution in [3.63, 3.8) is 0 Å². The van der Waals surface area contributed by atoms with E-state index in [0.29, 0.717) is 11.8 Å². The van der Waals surface area contributed by atoms with Crippen LogP contribution in [0.25, 0.3) is 0 Å². The lowest BCUT2D eigenvalue weighted by Gasteiger charge is -2.30. The molecule has 4 unspecified atom stereocenters. The second kappa shape index (κ2) is 3.97. The molecule has 0 aliphatic heterocycles. The molecular formula is C14H21NO3. The number of carboxylic acid groups (broad SMARTS) is 1. The number of nitrogens with one attached hydrogen (secondary N) is 1. The monoisotopic (exact) mass is 251 g/mol. The number of carboxylic acids is 1. The average Bonchev–Trinajstić information content (AvgIpc) is 2.98. The Morgan fingerprint density at radius 2 is 1.89 bits per heavy atom. The van der Waals surface area contributed by atoms with Crippen LogP contribution in [0.1, 0.15) is 45.4 Å². The first-order valence-corrected chi connectivity index (χ1v) is 7.06. The summed E-state index contributed by atoms with van der Waals surface area (Å²) < 4.78 is 0. The third kappa shape index (κ3) is 1.82. The van der Waals surface area contributed by atoms with Gasteiger partial charge in [0, 0.05) is 5.92 Å². The molecule has 2 N–H and O–H groups in total. The number of aliphatic carboxylic acids is 1. The van der Waals surface area contributed by atoms with Crippen LogP contribution in [0.15, 0.2) is 0 Å². The van der Waals surface area contributed by atoms with Crippen molar-refractivity contribution in [1.29, 1.82) is 0 Å². The van der Waals surface area contributed by atoms with Crippen LogP contribution in [0, 0.1) is 23.7 Å². The van der Waals surface area contributed by atoms with Crippen LogP contribution in [0.2, 0.25) is 0 Å². The zero-order chi connectivity index (χ0) is 12.9. The first kappa shape index (κ1) is 12.0. The Morgan fingerprint density at radius 3 is 2.33 bits per heavy atom. The van der Waals surface area contributed by atoms with Crippen LogP contribution in [0.3, 0.4) is 0 Å². The van der Waals surface area contributed by atoms with Crippen molar-refractivity contribution in [2.75, 3.05) is 0 Å². The number of carbonyl (C=O) groups is 2. The van der Waals surface area contributed by atoms with Gasteiger partial charge in [0.25, 0.3) is 0 Å². The summed E-state index contributed by atoms with van der Waals surface area (Å²) in [6.45, 7) is 1.66. The fraction of sp³-hybridized carbons (Fsp3) is 0.857. The molecule has 4 nitrogen and oxygen atoms in total. The van der Waals surface area contributed by atoms with Crippen molar-refractivity contribution in [2.24, 2.45) is 23.7 Å². The predicted octanol–water partition coefficient (Wildman–Crippen LogP) is 1.79. The summed E-state index contributed by atoms with van der Waals surface area (Å²) in [5, 5.41) is 12.2. The van der Waals surface area contributed by atoms with E-state index in [1.165, 1.54) is 12.8 Å². The molecule has 0 aromatic carbocycles. The van der Waals surface area contributed by atoms with Gasteiger partial charge in [-0.05, 0) is 56.8 Å². The number of rotatable bonds is 4. The highest BCUT2D eigenvalue weighted by atomic mass is 16.4. The molecule has 0 aromatic heterocycles. The molecule has 18 heavy (non-hydrogen) atoms. The Hall–Kier alpha value is -1.06. The van der Waals surface area contributed by atoms with Crippen LogP contribution in [0.5, 0.6) is 0 Å². The molecule has 0 aromatic rings. The van der Waals surface area contributed by atoms with Crippen molar-refractivity contribution in [1.82, 2.24) is 5.32 Å². The van der Waals surface area contributed by atoms with Crippen LogP contribution in [0.4, 0.5) is 0 Å². The van der Waals surface area contributed by atoms with E-state index in [1.807, 2.05) is 0 Å². The van der Waals surface area contributed by atoms with Gasteiger partial charge in [-0.3, -0.25) is 4.79 Å². The molecule has 0 heterocycles. The molecule has 0 radical (unpaired) electrons. The lowest BCUT2D eigenvalue weighted by molar-refractivity contribution is -0.149. The van der Waals surface area contributed by atoms with Crippen molar-refractivity contribution < 1.29 is 14.7 Å².